The topological polar surface area (TPSA) is 42.2 Å². The second-order valence-electron chi connectivity index (χ2n) is 3.77. The predicted octanol–water partition coefficient (Wildman–Crippen LogP) is 2.33. The smallest absolute Gasteiger partial charge is 0.0802 e. The van der Waals surface area contributed by atoms with Gasteiger partial charge in [-0.15, -0.1) is 11.3 Å². The molecule has 0 bridgehead atoms. The number of hydrogen-bond acceptors (Lipinski definition) is 4. The van der Waals surface area contributed by atoms with E-state index in [0.29, 0.717) is 6.54 Å². The van der Waals surface area contributed by atoms with E-state index in [1.165, 1.54) is 16.1 Å². The summed E-state index contributed by atoms with van der Waals surface area (Å²) < 4.78 is 0. The maximum Gasteiger partial charge on any atom is 0.0802 e. The number of hydrogen-bond donors (Lipinski definition) is 1. The lowest BCUT2D eigenvalue weighted by atomic mass is 10.1. The van der Waals surface area contributed by atoms with E-state index in [1.807, 2.05) is 19.6 Å². The third-order valence-electron chi connectivity index (χ3n) is 2.48. The normalized spacial score (nSPS) is 10.4. The Bertz CT molecular complexity index is 459. The molecule has 0 aliphatic rings. The van der Waals surface area contributed by atoms with E-state index in [4.69, 9.17) is 5.73 Å². The van der Waals surface area contributed by atoms with E-state index in [1.54, 1.807) is 11.3 Å². The Morgan fingerprint density at radius 1 is 1.25 bits per heavy atom. The molecule has 1 aromatic heterocycles. The molecule has 0 unspecified atom stereocenters. The first kappa shape index (κ1) is 11.1. The lowest BCUT2D eigenvalue weighted by Crippen LogP contribution is -2.07. The zero-order valence-corrected chi connectivity index (χ0v) is 10.3. The summed E-state index contributed by atoms with van der Waals surface area (Å²) in [6.07, 6.45) is 0. The van der Waals surface area contributed by atoms with Crippen LogP contribution < -0.4 is 10.6 Å². The average Bonchev–Trinajstić information content (AvgIpc) is 2.77. The molecule has 0 spiro atoms. The van der Waals surface area contributed by atoms with Crippen molar-refractivity contribution in [3.05, 3.63) is 35.5 Å². The van der Waals surface area contributed by atoms with Crippen molar-refractivity contribution in [3.8, 4) is 10.4 Å². The fraction of sp³-hybridized carbons (Fsp3) is 0.250. The van der Waals surface area contributed by atoms with Gasteiger partial charge in [-0.1, -0.05) is 12.1 Å². The maximum absolute atomic E-state index is 5.65. The summed E-state index contributed by atoms with van der Waals surface area (Å²) in [4.78, 5) is 7.51. The molecule has 0 atom stereocenters. The van der Waals surface area contributed by atoms with Crippen molar-refractivity contribution >= 4 is 17.0 Å². The molecule has 84 valence electrons. The monoisotopic (exact) mass is 233 g/mol. The first-order chi connectivity index (χ1) is 7.72. The van der Waals surface area contributed by atoms with E-state index in [0.717, 1.165) is 5.69 Å². The van der Waals surface area contributed by atoms with Gasteiger partial charge in [0.25, 0.3) is 0 Å². The van der Waals surface area contributed by atoms with Crippen molar-refractivity contribution in [1.82, 2.24) is 4.98 Å². The van der Waals surface area contributed by atoms with E-state index in [-0.39, 0.29) is 0 Å². The highest BCUT2D eigenvalue weighted by Gasteiger charge is 2.07. The molecule has 2 aromatic rings. The molecule has 2 N–H and O–H groups in total. The minimum atomic E-state index is 0.494. The molecular formula is C12H15N3S. The van der Waals surface area contributed by atoms with Gasteiger partial charge in [0.05, 0.1) is 16.1 Å². The van der Waals surface area contributed by atoms with Gasteiger partial charge in [0.15, 0.2) is 0 Å². The summed E-state index contributed by atoms with van der Waals surface area (Å²) in [6.45, 7) is 0.494. The lowest BCUT2D eigenvalue weighted by molar-refractivity contribution is 1.01. The van der Waals surface area contributed by atoms with Crippen molar-refractivity contribution in [1.29, 1.82) is 0 Å². The minimum absolute atomic E-state index is 0.494. The zero-order chi connectivity index (χ0) is 11.5. The van der Waals surface area contributed by atoms with Gasteiger partial charge in [0.2, 0.25) is 0 Å². The third-order valence-corrected chi connectivity index (χ3v) is 3.40. The van der Waals surface area contributed by atoms with Crippen LogP contribution in [0.25, 0.3) is 10.4 Å². The van der Waals surface area contributed by atoms with Gasteiger partial charge < -0.3 is 10.6 Å². The Balaban J connectivity index is 2.35. The number of benzene rings is 1. The number of rotatable bonds is 3. The summed E-state index contributed by atoms with van der Waals surface area (Å²) in [5.74, 6) is 0. The van der Waals surface area contributed by atoms with Crippen molar-refractivity contribution in [2.75, 3.05) is 19.0 Å². The summed E-state index contributed by atoms with van der Waals surface area (Å²) in [6, 6.07) is 8.44. The highest BCUT2D eigenvalue weighted by Crippen LogP contribution is 2.28. The van der Waals surface area contributed by atoms with Gasteiger partial charge in [-0.2, -0.15) is 0 Å². The van der Waals surface area contributed by atoms with Crippen LogP contribution in [0.1, 0.15) is 5.69 Å². The average molecular weight is 233 g/mol. The summed E-state index contributed by atoms with van der Waals surface area (Å²) in [5, 5.41) is 0. The third kappa shape index (κ3) is 2.08. The van der Waals surface area contributed by atoms with Crippen molar-refractivity contribution in [2.45, 2.75) is 6.54 Å². The quantitative estimate of drug-likeness (QED) is 0.884. The Labute approximate surface area is 99.5 Å². The van der Waals surface area contributed by atoms with E-state index < -0.39 is 0 Å². The van der Waals surface area contributed by atoms with Crippen LogP contribution in [0.2, 0.25) is 0 Å². The van der Waals surface area contributed by atoms with E-state index >= 15 is 0 Å². The van der Waals surface area contributed by atoms with Crippen molar-refractivity contribution in [2.24, 2.45) is 5.73 Å². The first-order valence-corrected chi connectivity index (χ1v) is 6.00. The van der Waals surface area contributed by atoms with Gasteiger partial charge in [0, 0.05) is 26.3 Å². The molecule has 3 nitrogen and oxygen atoms in total. The zero-order valence-electron chi connectivity index (χ0n) is 9.47. The number of nitrogens with zero attached hydrogens (tertiary/aromatic N) is 2. The molecule has 0 saturated carbocycles. The molecule has 0 amide bonds. The van der Waals surface area contributed by atoms with Crippen LogP contribution in [0, 0.1) is 0 Å². The fourth-order valence-electron chi connectivity index (χ4n) is 1.56. The fourth-order valence-corrected chi connectivity index (χ4v) is 2.39. The van der Waals surface area contributed by atoms with Crippen LogP contribution >= 0.6 is 11.3 Å². The Hall–Kier alpha value is -1.39. The standard InChI is InChI=1S/C12H15N3S/c1-15(2)10-5-3-9(4-6-10)12-11(7-13)14-8-16-12/h3-6,8H,7,13H2,1-2H3. The van der Waals surface area contributed by atoms with Gasteiger partial charge in [0.1, 0.15) is 0 Å². The molecule has 0 saturated heterocycles. The van der Waals surface area contributed by atoms with Gasteiger partial charge in [-0.05, 0) is 17.7 Å². The highest BCUT2D eigenvalue weighted by molar-refractivity contribution is 7.13. The van der Waals surface area contributed by atoms with Crippen LogP contribution in [0.5, 0.6) is 0 Å². The number of thiazole rings is 1. The molecule has 1 aromatic carbocycles. The van der Waals surface area contributed by atoms with Crippen molar-refractivity contribution < 1.29 is 0 Å². The molecule has 0 aliphatic carbocycles. The molecule has 0 fully saturated rings. The lowest BCUT2D eigenvalue weighted by Gasteiger charge is -2.12. The molecule has 0 aliphatic heterocycles. The minimum Gasteiger partial charge on any atom is -0.378 e. The number of anilines is 1. The van der Waals surface area contributed by atoms with Crippen LogP contribution in [-0.4, -0.2) is 19.1 Å². The first-order valence-electron chi connectivity index (χ1n) is 5.12. The molecule has 4 heteroatoms. The number of aromatic nitrogens is 1. The molecular weight excluding hydrogens is 218 g/mol. The second kappa shape index (κ2) is 4.63. The predicted molar refractivity (Wildman–Crippen MR) is 69.8 cm³/mol. The number of nitrogens with two attached hydrogens (primary N) is 1. The van der Waals surface area contributed by atoms with Gasteiger partial charge in [-0.3, -0.25) is 0 Å². The second-order valence-corrected chi connectivity index (χ2v) is 4.63. The molecule has 16 heavy (non-hydrogen) atoms. The van der Waals surface area contributed by atoms with Crippen molar-refractivity contribution in [3.63, 3.8) is 0 Å². The summed E-state index contributed by atoms with van der Waals surface area (Å²) in [5.41, 5.74) is 10.9. The maximum atomic E-state index is 5.65. The largest absolute Gasteiger partial charge is 0.378 e. The Morgan fingerprint density at radius 3 is 2.50 bits per heavy atom. The van der Waals surface area contributed by atoms with Gasteiger partial charge in [-0.25, -0.2) is 4.98 Å². The molecule has 0 radical (unpaired) electrons. The van der Waals surface area contributed by atoms with E-state index in [2.05, 4.69) is 34.1 Å². The van der Waals surface area contributed by atoms with Crippen LogP contribution in [0.3, 0.4) is 0 Å². The Kier molecular flexibility index (Phi) is 3.22. The summed E-state index contributed by atoms with van der Waals surface area (Å²) in [7, 11) is 4.07. The van der Waals surface area contributed by atoms with E-state index in [9.17, 15) is 0 Å². The molecule has 2 rings (SSSR count). The Morgan fingerprint density at radius 2 is 1.94 bits per heavy atom. The van der Waals surface area contributed by atoms with Crippen LogP contribution in [-0.2, 0) is 6.54 Å². The summed E-state index contributed by atoms with van der Waals surface area (Å²) >= 11 is 1.64. The van der Waals surface area contributed by atoms with Gasteiger partial charge >= 0.3 is 0 Å². The highest BCUT2D eigenvalue weighted by atomic mass is 32.1. The van der Waals surface area contributed by atoms with Crippen LogP contribution in [0.4, 0.5) is 5.69 Å². The SMILES string of the molecule is CN(C)c1ccc(-c2scnc2CN)cc1. The van der Waals surface area contributed by atoms with Crippen LogP contribution in [0.15, 0.2) is 29.8 Å². The molecule has 1 heterocycles.